The number of morpholine rings is 1. The molecule has 3 rings (SSSR count). The van der Waals surface area contributed by atoms with Crippen molar-refractivity contribution in [3.8, 4) is 0 Å². The number of nitrogens with one attached hydrogen (secondary N) is 1. The third kappa shape index (κ3) is 2.33. The smallest absolute Gasteiger partial charge is 0.159 e. The van der Waals surface area contributed by atoms with Gasteiger partial charge in [0.15, 0.2) is 11.6 Å². The van der Waals surface area contributed by atoms with Crippen LogP contribution in [0.1, 0.15) is 24.5 Å². The van der Waals surface area contributed by atoms with E-state index in [9.17, 15) is 8.78 Å². The Morgan fingerprint density at radius 3 is 2.65 bits per heavy atom. The Morgan fingerprint density at radius 1 is 1.12 bits per heavy atom. The molecule has 4 heteroatoms. The molecule has 1 aromatic rings. The van der Waals surface area contributed by atoms with E-state index in [-0.39, 0.29) is 12.2 Å². The monoisotopic (exact) mass is 239 g/mol. The maximum atomic E-state index is 13.2. The molecule has 0 bridgehead atoms. The topological polar surface area (TPSA) is 21.3 Å². The van der Waals surface area contributed by atoms with Crippen LogP contribution in [0, 0.1) is 17.6 Å². The first-order chi connectivity index (χ1) is 8.24. The second-order valence-electron chi connectivity index (χ2n) is 4.83. The molecule has 1 saturated heterocycles. The Bertz CT molecular complexity index is 420. The summed E-state index contributed by atoms with van der Waals surface area (Å²) in [7, 11) is 0. The van der Waals surface area contributed by atoms with Gasteiger partial charge in [-0.3, -0.25) is 0 Å². The first kappa shape index (κ1) is 11.1. The molecular weight excluding hydrogens is 224 g/mol. The van der Waals surface area contributed by atoms with Crippen molar-refractivity contribution in [3.63, 3.8) is 0 Å². The summed E-state index contributed by atoms with van der Waals surface area (Å²) < 4.78 is 31.9. The summed E-state index contributed by atoms with van der Waals surface area (Å²) in [5.74, 6) is -0.966. The van der Waals surface area contributed by atoms with Crippen LogP contribution in [-0.2, 0) is 4.74 Å². The van der Waals surface area contributed by atoms with Gasteiger partial charge in [-0.2, -0.15) is 0 Å². The highest BCUT2D eigenvalue weighted by Crippen LogP contribution is 2.37. The molecule has 92 valence electrons. The Morgan fingerprint density at radius 2 is 1.94 bits per heavy atom. The van der Waals surface area contributed by atoms with Crippen molar-refractivity contribution in [1.29, 1.82) is 0 Å². The molecule has 0 spiro atoms. The molecule has 17 heavy (non-hydrogen) atoms. The summed E-state index contributed by atoms with van der Waals surface area (Å²) in [6, 6.07) is 3.99. The molecule has 1 aliphatic heterocycles. The predicted octanol–water partition coefficient (Wildman–Crippen LogP) is 2.40. The zero-order chi connectivity index (χ0) is 11.8. The van der Waals surface area contributed by atoms with Crippen LogP contribution in [0.3, 0.4) is 0 Å². The molecule has 2 nitrogen and oxygen atoms in total. The molecule has 1 N–H and O–H groups in total. The SMILES string of the molecule is Fc1ccc(C2CNCC(C3CC3)O2)cc1F. The van der Waals surface area contributed by atoms with Crippen molar-refractivity contribution in [1.82, 2.24) is 5.32 Å². The summed E-state index contributed by atoms with van der Waals surface area (Å²) in [6.07, 6.45) is 2.50. The molecule has 2 fully saturated rings. The van der Waals surface area contributed by atoms with E-state index >= 15 is 0 Å². The molecule has 2 atom stereocenters. The van der Waals surface area contributed by atoms with Gasteiger partial charge in [0.2, 0.25) is 0 Å². The average Bonchev–Trinajstić information content (AvgIpc) is 3.17. The predicted molar refractivity (Wildman–Crippen MR) is 59.6 cm³/mol. The molecule has 1 saturated carbocycles. The third-order valence-electron chi connectivity index (χ3n) is 3.48. The number of ether oxygens (including phenoxy) is 1. The van der Waals surface area contributed by atoms with Gasteiger partial charge in [0.1, 0.15) is 0 Å². The van der Waals surface area contributed by atoms with E-state index in [1.807, 2.05) is 0 Å². The van der Waals surface area contributed by atoms with Crippen molar-refractivity contribution in [2.45, 2.75) is 25.0 Å². The third-order valence-corrected chi connectivity index (χ3v) is 3.48. The molecule has 2 aliphatic rings. The van der Waals surface area contributed by atoms with Crippen LogP contribution in [0.4, 0.5) is 8.78 Å². The zero-order valence-corrected chi connectivity index (χ0v) is 9.46. The highest BCUT2D eigenvalue weighted by Gasteiger charge is 2.36. The molecule has 1 aliphatic carbocycles. The van der Waals surface area contributed by atoms with E-state index in [2.05, 4.69) is 5.32 Å². The number of rotatable bonds is 2. The van der Waals surface area contributed by atoms with E-state index in [4.69, 9.17) is 4.74 Å². The van der Waals surface area contributed by atoms with Gasteiger partial charge in [0.05, 0.1) is 12.2 Å². The van der Waals surface area contributed by atoms with Crippen LogP contribution >= 0.6 is 0 Å². The van der Waals surface area contributed by atoms with E-state index in [0.29, 0.717) is 18.0 Å². The van der Waals surface area contributed by atoms with Gasteiger partial charge in [-0.05, 0) is 36.5 Å². The van der Waals surface area contributed by atoms with Crippen LogP contribution < -0.4 is 5.32 Å². The summed E-state index contributed by atoms with van der Waals surface area (Å²) in [6.45, 7) is 1.53. The van der Waals surface area contributed by atoms with Gasteiger partial charge in [-0.1, -0.05) is 6.07 Å². The molecular formula is C13H15F2NO. The van der Waals surface area contributed by atoms with Gasteiger partial charge in [0.25, 0.3) is 0 Å². The summed E-state index contributed by atoms with van der Waals surface area (Å²) in [5.41, 5.74) is 0.710. The fraction of sp³-hybridized carbons (Fsp3) is 0.538. The molecule has 2 unspecified atom stereocenters. The lowest BCUT2D eigenvalue weighted by molar-refractivity contribution is -0.0495. The van der Waals surface area contributed by atoms with Crippen LogP contribution in [0.15, 0.2) is 18.2 Å². The van der Waals surface area contributed by atoms with Gasteiger partial charge in [-0.15, -0.1) is 0 Å². The van der Waals surface area contributed by atoms with Crippen LogP contribution in [0.5, 0.6) is 0 Å². The maximum absolute atomic E-state index is 13.2. The molecule has 0 radical (unpaired) electrons. The van der Waals surface area contributed by atoms with Crippen LogP contribution in [0.25, 0.3) is 0 Å². The van der Waals surface area contributed by atoms with Crippen molar-refractivity contribution in [2.75, 3.05) is 13.1 Å². The maximum Gasteiger partial charge on any atom is 0.159 e. The lowest BCUT2D eigenvalue weighted by Gasteiger charge is -2.31. The standard InChI is InChI=1S/C13H15F2NO/c14-10-4-3-9(5-11(10)15)13-7-16-6-12(17-13)8-1-2-8/h3-5,8,12-13,16H,1-2,6-7H2. The van der Waals surface area contributed by atoms with E-state index < -0.39 is 11.6 Å². The highest BCUT2D eigenvalue weighted by molar-refractivity contribution is 5.21. The average molecular weight is 239 g/mol. The normalized spacial score (nSPS) is 29.3. The lowest BCUT2D eigenvalue weighted by Crippen LogP contribution is -2.41. The van der Waals surface area contributed by atoms with Crippen molar-refractivity contribution in [3.05, 3.63) is 35.4 Å². The number of benzene rings is 1. The van der Waals surface area contributed by atoms with Gasteiger partial charge >= 0.3 is 0 Å². The van der Waals surface area contributed by atoms with E-state index in [1.54, 1.807) is 6.07 Å². The van der Waals surface area contributed by atoms with Gasteiger partial charge in [-0.25, -0.2) is 8.78 Å². The van der Waals surface area contributed by atoms with Crippen molar-refractivity contribution >= 4 is 0 Å². The molecule has 1 heterocycles. The number of hydrogen-bond acceptors (Lipinski definition) is 2. The zero-order valence-electron chi connectivity index (χ0n) is 9.46. The molecule has 0 amide bonds. The number of hydrogen-bond donors (Lipinski definition) is 1. The minimum absolute atomic E-state index is 0.163. The first-order valence-electron chi connectivity index (χ1n) is 6.05. The second kappa shape index (κ2) is 4.35. The Hall–Kier alpha value is -1.00. The minimum Gasteiger partial charge on any atom is -0.367 e. The molecule has 0 aromatic heterocycles. The van der Waals surface area contributed by atoms with Crippen LogP contribution in [-0.4, -0.2) is 19.2 Å². The van der Waals surface area contributed by atoms with E-state index in [1.165, 1.54) is 18.9 Å². The fourth-order valence-electron chi connectivity index (χ4n) is 2.32. The number of halogens is 2. The summed E-state index contributed by atoms with van der Waals surface area (Å²) in [4.78, 5) is 0. The quantitative estimate of drug-likeness (QED) is 0.855. The summed E-state index contributed by atoms with van der Waals surface area (Å²) in [5, 5.41) is 3.30. The Kier molecular flexibility index (Phi) is 2.84. The van der Waals surface area contributed by atoms with Gasteiger partial charge in [0, 0.05) is 13.1 Å². The van der Waals surface area contributed by atoms with Crippen LogP contribution in [0.2, 0.25) is 0 Å². The highest BCUT2D eigenvalue weighted by atomic mass is 19.2. The van der Waals surface area contributed by atoms with Gasteiger partial charge < -0.3 is 10.1 Å². The fourth-order valence-corrected chi connectivity index (χ4v) is 2.32. The lowest BCUT2D eigenvalue weighted by atomic mass is 10.1. The first-order valence-corrected chi connectivity index (χ1v) is 6.05. The van der Waals surface area contributed by atoms with Crippen molar-refractivity contribution < 1.29 is 13.5 Å². The minimum atomic E-state index is -0.809. The molecule has 1 aromatic carbocycles. The van der Waals surface area contributed by atoms with E-state index in [0.717, 1.165) is 12.6 Å². The Labute approximate surface area is 99.0 Å². The van der Waals surface area contributed by atoms with Crippen molar-refractivity contribution in [2.24, 2.45) is 5.92 Å². The largest absolute Gasteiger partial charge is 0.367 e. The summed E-state index contributed by atoms with van der Waals surface area (Å²) >= 11 is 0. The Balaban J connectivity index is 1.75. The second-order valence-corrected chi connectivity index (χ2v) is 4.83.